The first-order valence-corrected chi connectivity index (χ1v) is 8.11. The van der Waals surface area contributed by atoms with Gasteiger partial charge in [-0.3, -0.25) is 0 Å². The van der Waals surface area contributed by atoms with Crippen molar-refractivity contribution in [2.75, 3.05) is 0 Å². The van der Waals surface area contributed by atoms with Crippen LogP contribution in [0.4, 0.5) is 0 Å². The van der Waals surface area contributed by atoms with Crippen LogP contribution >= 0.6 is 0 Å². The summed E-state index contributed by atoms with van der Waals surface area (Å²) in [5.74, 6) is 0.785. The second kappa shape index (κ2) is 7.14. The van der Waals surface area contributed by atoms with Gasteiger partial charge >= 0.3 is 0 Å². The van der Waals surface area contributed by atoms with Crippen molar-refractivity contribution < 1.29 is 5.11 Å². The molecule has 2 unspecified atom stereocenters. The monoisotopic (exact) mass is 263 g/mol. The molecule has 0 aliphatic heterocycles. The number of aryl methyl sites for hydroxylation is 1. The topological polar surface area (TPSA) is 25.2 Å². The lowest BCUT2D eigenvalue weighted by molar-refractivity contribution is 0.166. The van der Waals surface area contributed by atoms with Crippen molar-refractivity contribution >= 4 is 0 Å². The van der Waals surface area contributed by atoms with Gasteiger partial charge < -0.3 is 9.67 Å². The van der Waals surface area contributed by atoms with Gasteiger partial charge in [0.1, 0.15) is 0 Å². The van der Waals surface area contributed by atoms with E-state index in [4.69, 9.17) is 0 Å². The minimum absolute atomic E-state index is 0.227. The van der Waals surface area contributed by atoms with Gasteiger partial charge in [-0.1, -0.05) is 39.5 Å². The maximum absolute atomic E-state index is 10.2. The molecule has 2 nitrogen and oxygen atoms in total. The maximum Gasteiger partial charge on any atom is 0.0807 e. The molecule has 2 rings (SSSR count). The average Bonchev–Trinajstić information content (AvgIpc) is 2.74. The third-order valence-corrected chi connectivity index (χ3v) is 4.54. The summed E-state index contributed by atoms with van der Waals surface area (Å²) in [5, 5.41) is 10.2. The molecule has 1 aromatic heterocycles. The first kappa shape index (κ1) is 14.6. The summed E-state index contributed by atoms with van der Waals surface area (Å²) in [5.41, 5.74) is 2.58. The van der Waals surface area contributed by atoms with Gasteiger partial charge in [-0.25, -0.2) is 0 Å². The number of aliphatic hydroxyl groups is 1. The predicted octanol–water partition coefficient (Wildman–Crippen LogP) is 4.46. The van der Waals surface area contributed by atoms with E-state index in [0.29, 0.717) is 0 Å². The SMILES string of the molecule is CCCCC(CC)Cn1cc2c(c1)C(O)CCCC2. The third kappa shape index (κ3) is 3.85. The van der Waals surface area contributed by atoms with E-state index in [1.807, 2.05) is 0 Å². The zero-order chi connectivity index (χ0) is 13.7. The Morgan fingerprint density at radius 1 is 1.32 bits per heavy atom. The normalized spacial score (nSPS) is 20.9. The van der Waals surface area contributed by atoms with Crippen LogP contribution < -0.4 is 0 Å². The van der Waals surface area contributed by atoms with Crippen molar-refractivity contribution in [3.8, 4) is 0 Å². The molecule has 0 saturated heterocycles. The fourth-order valence-corrected chi connectivity index (χ4v) is 3.21. The van der Waals surface area contributed by atoms with E-state index in [0.717, 1.165) is 31.7 Å². The molecule has 1 aliphatic carbocycles. The Hall–Kier alpha value is -0.760. The van der Waals surface area contributed by atoms with Crippen LogP contribution in [0, 0.1) is 5.92 Å². The van der Waals surface area contributed by atoms with Gasteiger partial charge in [-0.2, -0.15) is 0 Å². The minimum Gasteiger partial charge on any atom is -0.388 e. The lowest BCUT2D eigenvalue weighted by Crippen LogP contribution is -2.08. The molecule has 1 aliphatic rings. The highest BCUT2D eigenvalue weighted by Crippen LogP contribution is 2.30. The molecule has 2 atom stereocenters. The van der Waals surface area contributed by atoms with Crippen LogP contribution in [0.1, 0.15) is 76.0 Å². The molecule has 108 valence electrons. The van der Waals surface area contributed by atoms with E-state index in [1.165, 1.54) is 43.2 Å². The summed E-state index contributed by atoms with van der Waals surface area (Å²) in [4.78, 5) is 0. The third-order valence-electron chi connectivity index (χ3n) is 4.54. The van der Waals surface area contributed by atoms with Gasteiger partial charge in [0.05, 0.1) is 6.10 Å². The Labute approximate surface area is 117 Å². The van der Waals surface area contributed by atoms with Crippen LogP contribution in [0.2, 0.25) is 0 Å². The van der Waals surface area contributed by atoms with Gasteiger partial charge in [0.25, 0.3) is 0 Å². The maximum atomic E-state index is 10.2. The molecule has 1 aromatic rings. The van der Waals surface area contributed by atoms with Crippen LogP contribution in [0.25, 0.3) is 0 Å². The fourth-order valence-electron chi connectivity index (χ4n) is 3.21. The van der Waals surface area contributed by atoms with Crippen LogP contribution in [0.15, 0.2) is 12.4 Å². The molecular formula is C17H29NO. The lowest BCUT2D eigenvalue weighted by Gasteiger charge is -2.15. The van der Waals surface area contributed by atoms with Crippen molar-refractivity contribution in [2.45, 2.75) is 77.9 Å². The molecule has 1 N–H and O–H groups in total. The molecule has 0 amide bonds. The molecule has 0 fully saturated rings. The summed E-state index contributed by atoms with van der Waals surface area (Å²) >= 11 is 0. The number of hydrogen-bond donors (Lipinski definition) is 1. The van der Waals surface area contributed by atoms with Gasteiger partial charge in [-0.05, 0) is 37.2 Å². The summed E-state index contributed by atoms with van der Waals surface area (Å²) in [6.45, 7) is 5.68. The second-order valence-electron chi connectivity index (χ2n) is 6.11. The van der Waals surface area contributed by atoms with E-state index < -0.39 is 0 Å². The Balaban J connectivity index is 2.03. The number of hydrogen-bond acceptors (Lipinski definition) is 1. The number of rotatable bonds is 6. The Morgan fingerprint density at radius 2 is 2.16 bits per heavy atom. The van der Waals surface area contributed by atoms with Gasteiger partial charge in [-0.15, -0.1) is 0 Å². The second-order valence-corrected chi connectivity index (χ2v) is 6.11. The molecule has 0 aromatic carbocycles. The molecule has 2 heteroatoms. The first-order valence-electron chi connectivity index (χ1n) is 8.11. The van der Waals surface area contributed by atoms with Crippen LogP contribution in [-0.4, -0.2) is 9.67 Å². The first-order chi connectivity index (χ1) is 9.24. The summed E-state index contributed by atoms with van der Waals surface area (Å²) in [6, 6.07) is 0. The van der Waals surface area contributed by atoms with Gasteiger partial charge in [0, 0.05) is 24.5 Å². The summed E-state index contributed by atoms with van der Waals surface area (Å²) in [6.07, 6.45) is 13.9. The van der Waals surface area contributed by atoms with E-state index >= 15 is 0 Å². The zero-order valence-electron chi connectivity index (χ0n) is 12.6. The highest BCUT2D eigenvalue weighted by atomic mass is 16.3. The highest BCUT2D eigenvalue weighted by molar-refractivity contribution is 5.28. The van der Waals surface area contributed by atoms with Crippen molar-refractivity contribution in [1.82, 2.24) is 4.57 Å². The van der Waals surface area contributed by atoms with Crippen LogP contribution in [0.3, 0.4) is 0 Å². The van der Waals surface area contributed by atoms with E-state index in [9.17, 15) is 5.11 Å². The highest BCUT2D eigenvalue weighted by Gasteiger charge is 2.19. The zero-order valence-corrected chi connectivity index (χ0v) is 12.6. The average molecular weight is 263 g/mol. The molecular weight excluding hydrogens is 234 g/mol. The summed E-state index contributed by atoms with van der Waals surface area (Å²) < 4.78 is 2.34. The predicted molar refractivity (Wildman–Crippen MR) is 80.3 cm³/mol. The number of unbranched alkanes of at least 4 members (excludes halogenated alkanes) is 1. The van der Waals surface area contributed by atoms with E-state index in [2.05, 4.69) is 30.8 Å². The lowest BCUT2D eigenvalue weighted by atomic mass is 9.99. The van der Waals surface area contributed by atoms with Gasteiger partial charge in [0.15, 0.2) is 0 Å². The van der Waals surface area contributed by atoms with E-state index in [1.54, 1.807) is 0 Å². The van der Waals surface area contributed by atoms with Gasteiger partial charge in [0.2, 0.25) is 0 Å². The van der Waals surface area contributed by atoms with E-state index in [-0.39, 0.29) is 6.10 Å². The molecule has 1 heterocycles. The molecule has 0 spiro atoms. The Bertz CT molecular complexity index is 383. The van der Waals surface area contributed by atoms with Crippen LogP contribution in [0.5, 0.6) is 0 Å². The van der Waals surface area contributed by atoms with Crippen LogP contribution in [-0.2, 0) is 13.0 Å². The fraction of sp³-hybridized carbons (Fsp3) is 0.765. The minimum atomic E-state index is -0.227. The molecule has 0 bridgehead atoms. The Kier molecular flexibility index (Phi) is 5.50. The number of fused-ring (bicyclic) bond motifs is 1. The van der Waals surface area contributed by atoms with Crippen molar-refractivity contribution in [2.24, 2.45) is 5.92 Å². The Morgan fingerprint density at radius 3 is 2.89 bits per heavy atom. The standard InChI is InChI=1S/C17H29NO/c1-3-5-8-14(4-2)11-18-12-15-9-6-7-10-17(19)16(15)13-18/h12-14,17,19H,3-11H2,1-2H3. The van der Waals surface area contributed by atoms with Crippen molar-refractivity contribution in [3.63, 3.8) is 0 Å². The molecule has 0 saturated carbocycles. The van der Waals surface area contributed by atoms with Crippen molar-refractivity contribution in [1.29, 1.82) is 0 Å². The quantitative estimate of drug-likeness (QED) is 0.753. The number of aromatic nitrogens is 1. The largest absolute Gasteiger partial charge is 0.388 e. The number of aliphatic hydroxyl groups excluding tert-OH is 1. The van der Waals surface area contributed by atoms with Crippen molar-refractivity contribution in [3.05, 3.63) is 23.5 Å². The molecule has 0 radical (unpaired) electrons. The summed E-state index contributed by atoms with van der Waals surface area (Å²) in [7, 11) is 0. The smallest absolute Gasteiger partial charge is 0.0807 e. The number of nitrogens with zero attached hydrogens (tertiary/aromatic N) is 1. The molecule has 19 heavy (non-hydrogen) atoms.